The number of benzene rings is 3. The molecule has 0 radical (unpaired) electrons. The highest BCUT2D eigenvalue weighted by Gasteiger charge is 2.57. The number of halogens is 1. The van der Waals surface area contributed by atoms with Crippen LogP contribution in [0.15, 0.2) is 78.9 Å². The molecule has 2 aliphatic rings. The lowest BCUT2D eigenvalue weighted by atomic mass is 9.76. The van der Waals surface area contributed by atoms with Crippen molar-refractivity contribution < 1.29 is 14.4 Å². The fraction of sp³-hybridized carbons (Fsp3) is 0.382. The minimum absolute atomic E-state index is 0.0749. The molecule has 6 nitrogen and oxygen atoms in total. The largest absolute Gasteiger partial charge is 0.338 e. The lowest BCUT2D eigenvalue weighted by Gasteiger charge is -2.36. The molecule has 2 amide bonds. The first-order valence-electron chi connectivity index (χ1n) is 14.5. The van der Waals surface area contributed by atoms with Crippen LogP contribution in [0, 0.1) is 18.8 Å². The van der Waals surface area contributed by atoms with Gasteiger partial charge in [-0.1, -0.05) is 97.7 Å². The molecule has 5 rings (SSSR count). The lowest BCUT2D eigenvalue weighted by Crippen LogP contribution is -2.55. The van der Waals surface area contributed by atoms with Gasteiger partial charge in [0, 0.05) is 49.1 Å². The smallest absolute Gasteiger partial charge is 0.246 e. The van der Waals surface area contributed by atoms with Crippen molar-refractivity contribution in [2.75, 3.05) is 26.2 Å². The molecule has 1 N–H and O–H groups in total. The normalized spacial score (nSPS) is 22.7. The minimum Gasteiger partial charge on any atom is -0.338 e. The number of nitrogens with zero attached hydrogens (tertiary/aromatic N) is 2. The summed E-state index contributed by atoms with van der Waals surface area (Å²) in [4.78, 5) is 47.0. The van der Waals surface area contributed by atoms with E-state index < -0.39 is 23.9 Å². The molecule has 0 aromatic heterocycles. The predicted octanol–water partition coefficient (Wildman–Crippen LogP) is 5.66. The Kier molecular flexibility index (Phi) is 8.91. The third-order valence-corrected chi connectivity index (χ3v) is 8.51. The van der Waals surface area contributed by atoms with E-state index in [4.69, 9.17) is 11.6 Å². The molecule has 7 heteroatoms. The molecule has 0 saturated carbocycles. The van der Waals surface area contributed by atoms with Crippen LogP contribution in [0.5, 0.6) is 0 Å². The van der Waals surface area contributed by atoms with Gasteiger partial charge in [-0.05, 0) is 36.1 Å². The summed E-state index contributed by atoms with van der Waals surface area (Å²) in [6.45, 7) is 8.52. The van der Waals surface area contributed by atoms with Crippen LogP contribution >= 0.6 is 11.6 Å². The van der Waals surface area contributed by atoms with Gasteiger partial charge >= 0.3 is 0 Å². The molecule has 2 fully saturated rings. The molecule has 0 spiro atoms. The highest BCUT2D eigenvalue weighted by atomic mass is 35.5. The van der Waals surface area contributed by atoms with Gasteiger partial charge in [0.05, 0.1) is 12.0 Å². The summed E-state index contributed by atoms with van der Waals surface area (Å²) in [6, 6.07) is 23.2. The second-order valence-corrected chi connectivity index (χ2v) is 12.0. The summed E-state index contributed by atoms with van der Waals surface area (Å²) < 4.78 is 0. The van der Waals surface area contributed by atoms with E-state index in [-0.39, 0.29) is 29.9 Å². The number of carbonyl (C=O) groups excluding carboxylic acids is 3. The van der Waals surface area contributed by atoms with Gasteiger partial charge < -0.3 is 15.1 Å². The van der Waals surface area contributed by atoms with Crippen LogP contribution in [0.3, 0.4) is 0 Å². The summed E-state index contributed by atoms with van der Waals surface area (Å²) in [5, 5.41) is 3.89. The average molecular weight is 572 g/mol. The number of piperazine rings is 1. The summed E-state index contributed by atoms with van der Waals surface area (Å²) in [6.07, 6.45) is 0.285. The number of rotatable bonds is 7. The third-order valence-electron chi connectivity index (χ3n) is 8.25. The first kappa shape index (κ1) is 29.0. The van der Waals surface area contributed by atoms with Gasteiger partial charge in [-0.3, -0.25) is 14.4 Å². The van der Waals surface area contributed by atoms with Crippen molar-refractivity contribution in [1.82, 2.24) is 15.1 Å². The van der Waals surface area contributed by atoms with Gasteiger partial charge in [0.2, 0.25) is 11.8 Å². The molecule has 3 aromatic carbocycles. The number of aryl methyl sites for hydroxylation is 1. The molecule has 41 heavy (non-hydrogen) atoms. The van der Waals surface area contributed by atoms with E-state index in [0.29, 0.717) is 36.8 Å². The highest BCUT2D eigenvalue weighted by Crippen LogP contribution is 2.52. The van der Waals surface area contributed by atoms with E-state index >= 15 is 0 Å². The topological polar surface area (TPSA) is 69.7 Å². The Morgan fingerprint density at radius 1 is 0.878 bits per heavy atom. The Hall–Kier alpha value is -3.48. The van der Waals surface area contributed by atoms with Crippen LogP contribution in [0.4, 0.5) is 0 Å². The fourth-order valence-electron chi connectivity index (χ4n) is 6.33. The maximum atomic E-state index is 14.6. The third kappa shape index (κ3) is 6.09. The molecule has 3 aromatic rings. The molecule has 4 atom stereocenters. The fourth-order valence-corrected chi connectivity index (χ4v) is 6.46. The molecule has 214 valence electrons. The standard InChI is InChI=1S/C34H38ClN3O3/c1-22(2)21-28(39)38-31(25-11-9-23(3)10-12-25)30(33(40)26-7-5-4-6-8-26)29(24-13-15-27(35)16-14-24)32(38)34(41)37-19-17-36-18-20-37/h4-16,22,29-32,36H,17-21H2,1-3H3. The number of likely N-dealkylation sites (tertiary alicyclic amines) is 1. The maximum Gasteiger partial charge on any atom is 0.246 e. The number of ketones is 1. The number of hydrogen-bond donors (Lipinski definition) is 1. The van der Waals surface area contributed by atoms with E-state index in [0.717, 1.165) is 16.7 Å². The first-order chi connectivity index (χ1) is 19.8. The lowest BCUT2D eigenvalue weighted by molar-refractivity contribution is -0.146. The summed E-state index contributed by atoms with van der Waals surface area (Å²) >= 11 is 6.30. The number of nitrogens with one attached hydrogen (secondary N) is 1. The first-order valence-corrected chi connectivity index (χ1v) is 14.9. The van der Waals surface area contributed by atoms with Crippen LogP contribution in [0.1, 0.15) is 59.3 Å². The average Bonchev–Trinajstić information content (AvgIpc) is 3.34. The van der Waals surface area contributed by atoms with Crippen molar-refractivity contribution in [3.63, 3.8) is 0 Å². The van der Waals surface area contributed by atoms with Crippen molar-refractivity contribution in [2.24, 2.45) is 11.8 Å². The van der Waals surface area contributed by atoms with E-state index in [2.05, 4.69) is 5.32 Å². The Bertz CT molecular complexity index is 1370. The molecular formula is C34H38ClN3O3. The second kappa shape index (κ2) is 12.6. The molecule has 2 heterocycles. The highest BCUT2D eigenvalue weighted by molar-refractivity contribution is 6.30. The van der Waals surface area contributed by atoms with Crippen LogP contribution < -0.4 is 5.32 Å². The van der Waals surface area contributed by atoms with E-state index in [1.165, 1.54) is 0 Å². The van der Waals surface area contributed by atoms with Gasteiger partial charge in [-0.25, -0.2) is 0 Å². The molecule has 0 bridgehead atoms. The number of Topliss-reactive ketones (excluding diaryl/α,β-unsaturated/α-hetero) is 1. The van der Waals surface area contributed by atoms with E-state index in [9.17, 15) is 14.4 Å². The Balaban J connectivity index is 1.75. The monoisotopic (exact) mass is 571 g/mol. The zero-order valence-electron chi connectivity index (χ0n) is 23.9. The van der Waals surface area contributed by atoms with Gasteiger partial charge in [-0.15, -0.1) is 0 Å². The quantitative estimate of drug-likeness (QED) is 0.372. The van der Waals surface area contributed by atoms with E-state index in [1.807, 2.05) is 92.4 Å². The van der Waals surface area contributed by atoms with Crippen molar-refractivity contribution in [3.8, 4) is 0 Å². The van der Waals surface area contributed by atoms with Crippen molar-refractivity contribution >= 4 is 29.2 Å². The number of carbonyl (C=O) groups is 3. The van der Waals surface area contributed by atoms with Crippen molar-refractivity contribution in [1.29, 1.82) is 0 Å². The molecule has 4 unspecified atom stereocenters. The summed E-state index contributed by atoms with van der Waals surface area (Å²) in [5.41, 5.74) is 3.34. The predicted molar refractivity (Wildman–Crippen MR) is 162 cm³/mol. The molecular weight excluding hydrogens is 534 g/mol. The van der Waals surface area contributed by atoms with Crippen LogP contribution in [0.25, 0.3) is 0 Å². The maximum absolute atomic E-state index is 14.6. The molecule has 2 saturated heterocycles. The van der Waals surface area contributed by atoms with Crippen molar-refractivity contribution in [3.05, 3.63) is 106 Å². The van der Waals surface area contributed by atoms with Gasteiger partial charge in [0.25, 0.3) is 0 Å². The Labute approximate surface area is 247 Å². The van der Waals surface area contributed by atoms with Crippen molar-refractivity contribution in [2.45, 2.75) is 45.2 Å². The minimum atomic E-state index is -0.829. The SMILES string of the molecule is Cc1ccc(C2C(C(=O)c3ccccc3)C(c3ccc(Cl)cc3)C(C(=O)N3CCNCC3)N2C(=O)CC(C)C)cc1. The molecule has 0 aliphatic carbocycles. The van der Waals surface area contributed by atoms with Crippen LogP contribution in [0.2, 0.25) is 5.02 Å². The van der Waals surface area contributed by atoms with Crippen LogP contribution in [-0.2, 0) is 9.59 Å². The van der Waals surface area contributed by atoms with Gasteiger partial charge in [0.15, 0.2) is 5.78 Å². The zero-order valence-corrected chi connectivity index (χ0v) is 24.7. The van der Waals surface area contributed by atoms with E-state index in [1.54, 1.807) is 17.0 Å². The van der Waals surface area contributed by atoms with Gasteiger partial charge in [-0.2, -0.15) is 0 Å². The summed E-state index contributed by atoms with van der Waals surface area (Å²) in [7, 11) is 0. The molecule has 2 aliphatic heterocycles. The Morgan fingerprint density at radius 2 is 1.49 bits per heavy atom. The zero-order chi connectivity index (χ0) is 29.1. The Morgan fingerprint density at radius 3 is 2.10 bits per heavy atom. The van der Waals surface area contributed by atoms with Crippen LogP contribution in [-0.4, -0.2) is 59.6 Å². The van der Waals surface area contributed by atoms with Gasteiger partial charge in [0.1, 0.15) is 6.04 Å². The number of hydrogen-bond acceptors (Lipinski definition) is 4. The second-order valence-electron chi connectivity index (χ2n) is 11.6. The summed E-state index contributed by atoms with van der Waals surface area (Å²) in [5.74, 6) is -1.42. The number of amides is 2.